The Bertz CT molecular complexity index is 1310. The molecular formula is C28H32ClN3O4S. The Hall–Kier alpha value is -3.36. The van der Waals surface area contributed by atoms with Crippen LogP contribution in [0.15, 0.2) is 83.8 Å². The van der Waals surface area contributed by atoms with Crippen molar-refractivity contribution in [2.24, 2.45) is 0 Å². The van der Waals surface area contributed by atoms with Gasteiger partial charge in [-0.25, -0.2) is 8.42 Å². The van der Waals surface area contributed by atoms with Crippen LogP contribution in [0.1, 0.15) is 25.0 Å². The van der Waals surface area contributed by atoms with Gasteiger partial charge in [-0.1, -0.05) is 54.1 Å². The van der Waals surface area contributed by atoms with Gasteiger partial charge >= 0.3 is 0 Å². The second-order valence-corrected chi connectivity index (χ2v) is 11.0. The Morgan fingerprint density at radius 2 is 1.65 bits per heavy atom. The summed E-state index contributed by atoms with van der Waals surface area (Å²) in [6.45, 7) is 5.51. The number of benzene rings is 3. The Morgan fingerprint density at radius 3 is 2.27 bits per heavy atom. The van der Waals surface area contributed by atoms with Gasteiger partial charge in [-0.3, -0.25) is 13.9 Å². The second-order valence-electron chi connectivity index (χ2n) is 8.70. The molecule has 3 aromatic carbocycles. The summed E-state index contributed by atoms with van der Waals surface area (Å²) in [5.41, 5.74) is 2.21. The summed E-state index contributed by atoms with van der Waals surface area (Å²) < 4.78 is 28.6. The van der Waals surface area contributed by atoms with Crippen LogP contribution < -0.4 is 9.62 Å². The van der Waals surface area contributed by atoms with Crippen LogP contribution in [0.2, 0.25) is 5.02 Å². The first-order valence-corrected chi connectivity index (χ1v) is 13.9. The van der Waals surface area contributed by atoms with Gasteiger partial charge in [0.1, 0.15) is 12.6 Å². The molecular weight excluding hydrogens is 510 g/mol. The van der Waals surface area contributed by atoms with Gasteiger partial charge in [-0.2, -0.15) is 0 Å². The van der Waals surface area contributed by atoms with Crippen molar-refractivity contribution < 1.29 is 18.0 Å². The summed E-state index contributed by atoms with van der Waals surface area (Å²) in [5.74, 6) is -0.777. The lowest BCUT2D eigenvalue weighted by molar-refractivity contribution is -0.138. The first-order chi connectivity index (χ1) is 17.6. The summed E-state index contributed by atoms with van der Waals surface area (Å²) in [6.07, 6.45) is 0.519. The molecule has 1 N–H and O–H groups in total. The van der Waals surface area contributed by atoms with E-state index in [4.69, 9.17) is 11.6 Å². The monoisotopic (exact) mass is 541 g/mol. The fourth-order valence-corrected chi connectivity index (χ4v) is 5.47. The predicted molar refractivity (Wildman–Crippen MR) is 147 cm³/mol. The third-order valence-electron chi connectivity index (χ3n) is 5.97. The van der Waals surface area contributed by atoms with E-state index in [-0.39, 0.29) is 17.3 Å². The van der Waals surface area contributed by atoms with Gasteiger partial charge in [-0.05, 0) is 74.7 Å². The van der Waals surface area contributed by atoms with E-state index in [9.17, 15) is 18.0 Å². The Balaban J connectivity index is 1.97. The van der Waals surface area contributed by atoms with Crippen molar-refractivity contribution in [1.82, 2.24) is 10.2 Å². The highest BCUT2D eigenvalue weighted by molar-refractivity contribution is 7.92. The number of likely N-dealkylation sites (N-methyl/N-ethyl adjacent to an activating group) is 1. The van der Waals surface area contributed by atoms with Crippen LogP contribution in [0.25, 0.3) is 0 Å². The van der Waals surface area contributed by atoms with Crippen molar-refractivity contribution in [1.29, 1.82) is 0 Å². The zero-order valence-corrected chi connectivity index (χ0v) is 22.8. The highest BCUT2D eigenvalue weighted by Gasteiger charge is 2.32. The number of amides is 2. The molecule has 0 spiro atoms. The molecule has 3 aromatic rings. The molecule has 0 fully saturated rings. The Labute approximate surface area is 224 Å². The molecule has 0 radical (unpaired) electrons. The van der Waals surface area contributed by atoms with Crippen molar-refractivity contribution in [2.75, 3.05) is 23.9 Å². The van der Waals surface area contributed by atoms with Crippen molar-refractivity contribution in [3.63, 3.8) is 0 Å². The average Bonchev–Trinajstić information content (AvgIpc) is 2.88. The van der Waals surface area contributed by atoms with Crippen LogP contribution in [0, 0.1) is 6.92 Å². The van der Waals surface area contributed by atoms with Gasteiger partial charge in [0.05, 0.1) is 10.6 Å². The molecule has 0 bridgehead atoms. The van der Waals surface area contributed by atoms with Gasteiger partial charge < -0.3 is 10.2 Å². The maximum atomic E-state index is 13.7. The van der Waals surface area contributed by atoms with Gasteiger partial charge in [-0.15, -0.1) is 0 Å². The van der Waals surface area contributed by atoms with Crippen molar-refractivity contribution in [2.45, 2.75) is 38.1 Å². The van der Waals surface area contributed by atoms with Gasteiger partial charge in [0.2, 0.25) is 11.8 Å². The quantitative estimate of drug-likeness (QED) is 0.389. The molecule has 0 saturated heterocycles. The molecule has 0 heterocycles. The summed E-state index contributed by atoms with van der Waals surface area (Å²) >= 11 is 5.97. The van der Waals surface area contributed by atoms with Gasteiger partial charge in [0.15, 0.2) is 0 Å². The maximum Gasteiger partial charge on any atom is 0.264 e. The number of hydrogen-bond acceptors (Lipinski definition) is 4. The van der Waals surface area contributed by atoms with Gasteiger partial charge in [0.25, 0.3) is 10.0 Å². The number of aryl methyl sites for hydroxylation is 1. The number of carbonyl (C=O) groups is 2. The molecule has 0 saturated carbocycles. The molecule has 0 aromatic heterocycles. The van der Waals surface area contributed by atoms with Crippen molar-refractivity contribution >= 4 is 39.1 Å². The van der Waals surface area contributed by atoms with Crippen molar-refractivity contribution in [3.8, 4) is 0 Å². The van der Waals surface area contributed by atoms with E-state index in [1.807, 2.05) is 43.3 Å². The SMILES string of the molecule is CCNC(=O)[C@H](C)N(CCc1ccccc1)C(=O)CN(c1cccc(C)c1)S(=O)(=O)c1ccc(Cl)cc1. The van der Waals surface area contributed by atoms with Crippen LogP contribution in [0.5, 0.6) is 0 Å². The van der Waals surface area contributed by atoms with Crippen LogP contribution in [-0.2, 0) is 26.0 Å². The van der Waals surface area contributed by atoms with E-state index in [1.54, 1.807) is 32.0 Å². The zero-order chi connectivity index (χ0) is 27.0. The lowest BCUT2D eigenvalue weighted by atomic mass is 10.1. The fraction of sp³-hybridized carbons (Fsp3) is 0.286. The molecule has 0 unspecified atom stereocenters. The first kappa shape index (κ1) is 28.2. The molecule has 196 valence electrons. The van der Waals surface area contributed by atoms with E-state index in [0.717, 1.165) is 15.4 Å². The smallest absolute Gasteiger partial charge is 0.264 e. The maximum absolute atomic E-state index is 13.7. The summed E-state index contributed by atoms with van der Waals surface area (Å²) in [6, 6.07) is 21.6. The Kier molecular flexibility index (Phi) is 9.72. The van der Waals surface area contributed by atoms with Crippen LogP contribution in [0.4, 0.5) is 5.69 Å². The van der Waals surface area contributed by atoms with E-state index < -0.39 is 28.5 Å². The zero-order valence-electron chi connectivity index (χ0n) is 21.2. The minimum Gasteiger partial charge on any atom is -0.355 e. The molecule has 0 aliphatic rings. The average molecular weight is 542 g/mol. The minimum atomic E-state index is -4.11. The van der Waals surface area contributed by atoms with E-state index in [0.29, 0.717) is 23.7 Å². The van der Waals surface area contributed by atoms with Crippen LogP contribution in [-0.4, -0.2) is 50.8 Å². The summed E-state index contributed by atoms with van der Waals surface area (Å²) in [4.78, 5) is 27.9. The highest BCUT2D eigenvalue weighted by Crippen LogP contribution is 2.26. The number of carbonyl (C=O) groups excluding carboxylic acids is 2. The summed E-state index contributed by atoms with van der Waals surface area (Å²) in [5, 5.41) is 3.16. The number of rotatable bonds is 11. The topological polar surface area (TPSA) is 86.8 Å². The van der Waals surface area contributed by atoms with E-state index in [2.05, 4.69) is 5.32 Å². The van der Waals surface area contributed by atoms with E-state index in [1.165, 1.54) is 29.2 Å². The highest BCUT2D eigenvalue weighted by atomic mass is 35.5. The third kappa shape index (κ3) is 7.33. The Morgan fingerprint density at radius 1 is 0.973 bits per heavy atom. The molecule has 7 nitrogen and oxygen atoms in total. The minimum absolute atomic E-state index is 0.0128. The second kappa shape index (κ2) is 12.7. The van der Waals surface area contributed by atoms with E-state index >= 15 is 0 Å². The first-order valence-electron chi connectivity index (χ1n) is 12.1. The lowest BCUT2D eigenvalue weighted by Gasteiger charge is -2.32. The largest absolute Gasteiger partial charge is 0.355 e. The summed E-state index contributed by atoms with van der Waals surface area (Å²) in [7, 11) is -4.11. The molecule has 9 heteroatoms. The molecule has 3 rings (SSSR count). The molecule has 2 amide bonds. The molecule has 1 atom stereocenters. The number of anilines is 1. The fourth-order valence-electron chi connectivity index (χ4n) is 3.94. The lowest BCUT2D eigenvalue weighted by Crippen LogP contribution is -2.52. The van der Waals surface area contributed by atoms with Gasteiger partial charge in [0, 0.05) is 18.1 Å². The number of halogens is 1. The normalized spacial score (nSPS) is 12.0. The molecule has 0 aliphatic heterocycles. The third-order valence-corrected chi connectivity index (χ3v) is 8.01. The van der Waals surface area contributed by atoms with Crippen LogP contribution >= 0.6 is 11.6 Å². The molecule has 0 aliphatic carbocycles. The number of hydrogen-bond donors (Lipinski definition) is 1. The standard InChI is InChI=1S/C28H32ClN3O4S/c1-4-30-28(34)22(3)31(18-17-23-10-6-5-7-11-23)27(33)20-32(25-12-8-9-21(2)19-25)37(35,36)26-15-13-24(29)14-16-26/h5-16,19,22H,4,17-18,20H2,1-3H3,(H,30,34)/t22-/m0/s1. The van der Waals surface area contributed by atoms with Crippen molar-refractivity contribution in [3.05, 3.63) is 95.0 Å². The molecule has 37 heavy (non-hydrogen) atoms. The predicted octanol–water partition coefficient (Wildman–Crippen LogP) is 4.44. The van der Waals surface area contributed by atoms with Crippen LogP contribution in [0.3, 0.4) is 0 Å². The number of nitrogens with one attached hydrogen (secondary N) is 1. The number of sulfonamides is 1. The number of nitrogens with zero attached hydrogens (tertiary/aromatic N) is 2.